The third kappa shape index (κ3) is 5.42. The Labute approximate surface area is 139 Å². The predicted molar refractivity (Wildman–Crippen MR) is 89.4 cm³/mol. The van der Waals surface area contributed by atoms with Crippen molar-refractivity contribution >= 4 is 27.9 Å². The van der Waals surface area contributed by atoms with Gasteiger partial charge >= 0.3 is 6.03 Å². The van der Waals surface area contributed by atoms with E-state index in [0.29, 0.717) is 6.54 Å². The van der Waals surface area contributed by atoms with E-state index in [1.165, 1.54) is 0 Å². The van der Waals surface area contributed by atoms with E-state index in [9.17, 15) is 9.59 Å². The normalized spacial score (nSPS) is 15.0. The molecule has 3 amide bonds. The minimum Gasteiger partial charge on any atom is -0.335 e. The summed E-state index contributed by atoms with van der Waals surface area (Å²) in [5, 5.41) is 5.24. The SMILES string of the molecule is CN(CC(=O)NC(=O)NC1CCCC1)Cc1ccccc1Br. The smallest absolute Gasteiger partial charge is 0.321 e. The molecule has 0 atom stereocenters. The second-order valence-corrected chi connectivity index (χ2v) is 6.62. The summed E-state index contributed by atoms with van der Waals surface area (Å²) >= 11 is 3.49. The molecule has 120 valence electrons. The summed E-state index contributed by atoms with van der Waals surface area (Å²) in [6.07, 6.45) is 4.30. The van der Waals surface area contributed by atoms with E-state index < -0.39 is 0 Å². The summed E-state index contributed by atoms with van der Waals surface area (Å²) in [5.74, 6) is -0.287. The van der Waals surface area contributed by atoms with Crippen molar-refractivity contribution in [3.8, 4) is 0 Å². The third-order valence-corrected chi connectivity index (χ3v) is 4.53. The van der Waals surface area contributed by atoms with Crippen LogP contribution in [0, 0.1) is 0 Å². The molecule has 0 aromatic heterocycles. The quantitative estimate of drug-likeness (QED) is 0.840. The second-order valence-electron chi connectivity index (χ2n) is 5.77. The lowest BCUT2D eigenvalue weighted by atomic mass is 10.2. The molecule has 0 heterocycles. The number of nitrogens with zero attached hydrogens (tertiary/aromatic N) is 1. The zero-order valence-corrected chi connectivity index (χ0v) is 14.4. The highest BCUT2D eigenvalue weighted by Gasteiger charge is 2.18. The number of nitrogens with one attached hydrogen (secondary N) is 2. The van der Waals surface area contributed by atoms with Crippen LogP contribution in [0.15, 0.2) is 28.7 Å². The lowest BCUT2D eigenvalue weighted by molar-refractivity contribution is -0.121. The molecule has 0 bridgehead atoms. The van der Waals surface area contributed by atoms with E-state index in [0.717, 1.165) is 35.7 Å². The van der Waals surface area contributed by atoms with Crippen molar-refractivity contribution in [2.45, 2.75) is 38.3 Å². The van der Waals surface area contributed by atoms with E-state index >= 15 is 0 Å². The number of likely N-dealkylation sites (N-methyl/N-ethyl adjacent to an activating group) is 1. The molecule has 22 heavy (non-hydrogen) atoms. The molecule has 5 nitrogen and oxygen atoms in total. The standard InChI is InChI=1S/C16H22BrN3O2/c1-20(10-12-6-2-5-9-14(12)17)11-15(21)19-16(22)18-13-7-3-4-8-13/h2,5-6,9,13H,3-4,7-8,10-11H2,1H3,(H2,18,19,21,22). The van der Waals surface area contributed by atoms with Crippen LogP contribution in [-0.2, 0) is 11.3 Å². The first-order valence-corrected chi connectivity index (χ1v) is 8.36. The first-order chi connectivity index (χ1) is 10.5. The number of amides is 3. The molecular weight excluding hydrogens is 346 g/mol. The van der Waals surface area contributed by atoms with Gasteiger partial charge in [-0.25, -0.2) is 4.79 Å². The van der Waals surface area contributed by atoms with Crippen LogP contribution in [0.5, 0.6) is 0 Å². The largest absolute Gasteiger partial charge is 0.335 e. The van der Waals surface area contributed by atoms with Crippen LogP contribution in [0.3, 0.4) is 0 Å². The number of hydrogen-bond acceptors (Lipinski definition) is 3. The molecule has 6 heteroatoms. The first-order valence-electron chi connectivity index (χ1n) is 7.57. The van der Waals surface area contributed by atoms with E-state index in [4.69, 9.17) is 0 Å². The number of carbonyl (C=O) groups excluding carboxylic acids is 2. The minimum absolute atomic E-state index is 0.180. The van der Waals surface area contributed by atoms with Gasteiger partial charge in [0.1, 0.15) is 0 Å². The van der Waals surface area contributed by atoms with Gasteiger partial charge in [-0.2, -0.15) is 0 Å². The van der Waals surface area contributed by atoms with Crippen molar-refractivity contribution in [3.05, 3.63) is 34.3 Å². The third-order valence-electron chi connectivity index (χ3n) is 3.75. The predicted octanol–water partition coefficient (Wildman–Crippen LogP) is 2.65. The molecule has 0 aliphatic heterocycles. The van der Waals surface area contributed by atoms with Gasteiger partial charge in [0.15, 0.2) is 0 Å². The summed E-state index contributed by atoms with van der Waals surface area (Å²) in [4.78, 5) is 25.5. The second kappa shape index (κ2) is 8.29. The Morgan fingerprint density at radius 3 is 2.64 bits per heavy atom. The summed E-state index contributed by atoms with van der Waals surface area (Å²) in [7, 11) is 1.86. The highest BCUT2D eigenvalue weighted by molar-refractivity contribution is 9.10. The molecule has 1 aromatic rings. The average molecular weight is 368 g/mol. The highest BCUT2D eigenvalue weighted by atomic mass is 79.9. The lowest BCUT2D eigenvalue weighted by Crippen LogP contribution is -2.46. The molecule has 0 saturated heterocycles. The number of halogens is 1. The maximum atomic E-state index is 11.9. The minimum atomic E-state index is -0.383. The van der Waals surface area contributed by atoms with Crippen LogP contribution in [0.4, 0.5) is 4.79 Å². The van der Waals surface area contributed by atoms with Crippen molar-refractivity contribution in [3.63, 3.8) is 0 Å². The van der Waals surface area contributed by atoms with Gasteiger partial charge in [-0.1, -0.05) is 47.0 Å². The Balaban J connectivity index is 1.73. The zero-order valence-electron chi connectivity index (χ0n) is 12.8. The zero-order chi connectivity index (χ0) is 15.9. The lowest BCUT2D eigenvalue weighted by Gasteiger charge is -2.17. The van der Waals surface area contributed by atoms with Crippen LogP contribution in [0.2, 0.25) is 0 Å². The first kappa shape index (κ1) is 17.0. The molecule has 1 saturated carbocycles. The fourth-order valence-corrected chi connectivity index (χ4v) is 3.09. The van der Waals surface area contributed by atoms with Gasteiger partial charge in [0.2, 0.25) is 5.91 Å². The van der Waals surface area contributed by atoms with Gasteiger partial charge in [-0.3, -0.25) is 15.0 Å². The summed E-state index contributed by atoms with van der Waals surface area (Å²) in [6, 6.07) is 7.72. The van der Waals surface area contributed by atoms with E-state index in [1.807, 2.05) is 36.2 Å². The average Bonchev–Trinajstić information content (AvgIpc) is 2.93. The summed E-state index contributed by atoms with van der Waals surface area (Å²) in [5.41, 5.74) is 1.10. The topological polar surface area (TPSA) is 61.4 Å². The molecule has 0 radical (unpaired) electrons. The van der Waals surface area contributed by atoms with Crippen LogP contribution < -0.4 is 10.6 Å². The molecule has 2 N–H and O–H groups in total. The van der Waals surface area contributed by atoms with Gasteiger partial charge in [0, 0.05) is 17.1 Å². The highest BCUT2D eigenvalue weighted by Crippen LogP contribution is 2.18. The van der Waals surface area contributed by atoms with E-state index in [1.54, 1.807) is 0 Å². The number of benzene rings is 1. The maximum Gasteiger partial charge on any atom is 0.321 e. The Morgan fingerprint density at radius 1 is 1.27 bits per heavy atom. The molecule has 1 fully saturated rings. The molecule has 1 aromatic carbocycles. The van der Waals surface area contributed by atoms with Crippen molar-refractivity contribution in [1.82, 2.24) is 15.5 Å². The van der Waals surface area contributed by atoms with Crippen LogP contribution in [0.25, 0.3) is 0 Å². The van der Waals surface area contributed by atoms with Crippen LogP contribution >= 0.6 is 15.9 Å². The number of urea groups is 1. The summed E-state index contributed by atoms with van der Waals surface area (Å²) in [6.45, 7) is 0.818. The van der Waals surface area contributed by atoms with Gasteiger partial charge in [-0.05, 0) is 31.5 Å². The molecule has 1 aliphatic rings. The van der Waals surface area contributed by atoms with E-state index in [-0.39, 0.29) is 24.5 Å². The van der Waals surface area contributed by atoms with Crippen LogP contribution in [-0.4, -0.2) is 36.5 Å². The van der Waals surface area contributed by atoms with Crippen molar-refractivity contribution in [2.75, 3.05) is 13.6 Å². The molecule has 2 rings (SSSR count). The van der Waals surface area contributed by atoms with Crippen LogP contribution in [0.1, 0.15) is 31.2 Å². The Hall–Kier alpha value is -1.40. The molecule has 0 spiro atoms. The van der Waals surface area contributed by atoms with E-state index in [2.05, 4.69) is 26.6 Å². The molecule has 1 aliphatic carbocycles. The molecular formula is C16H22BrN3O2. The Morgan fingerprint density at radius 2 is 1.95 bits per heavy atom. The Kier molecular flexibility index (Phi) is 6.39. The number of carbonyl (C=O) groups is 2. The monoisotopic (exact) mass is 367 g/mol. The van der Waals surface area contributed by atoms with Crippen molar-refractivity contribution < 1.29 is 9.59 Å². The number of imide groups is 1. The fraction of sp³-hybridized carbons (Fsp3) is 0.500. The number of rotatable bonds is 5. The Bertz CT molecular complexity index is 530. The molecule has 0 unspecified atom stereocenters. The fourth-order valence-electron chi connectivity index (χ4n) is 2.68. The summed E-state index contributed by atoms with van der Waals surface area (Å²) < 4.78 is 1.02. The van der Waals surface area contributed by atoms with Gasteiger partial charge in [-0.15, -0.1) is 0 Å². The van der Waals surface area contributed by atoms with Crippen molar-refractivity contribution in [2.24, 2.45) is 0 Å². The maximum absolute atomic E-state index is 11.9. The van der Waals surface area contributed by atoms with Crippen molar-refractivity contribution in [1.29, 1.82) is 0 Å². The van der Waals surface area contributed by atoms with Gasteiger partial charge in [0.05, 0.1) is 6.54 Å². The number of hydrogen-bond donors (Lipinski definition) is 2. The van der Waals surface area contributed by atoms with Gasteiger partial charge < -0.3 is 5.32 Å². The van der Waals surface area contributed by atoms with Gasteiger partial charge in [0.25, 0.3) is 0 Å².